The lowest BCUT2D eigenvalue weighted by atomic mass is 10.2. The van der Waals surface area contributed by atoms with E-state index < -0.39 is 0 Å². The molecular formula is C11H11Cl2NS2. The summed E-state index contributed by atoms with van der Waals surface area (Å²) in [4.78, 5) is 1.88. The van der Waals surface area contributed by atoms with Crippen molar-refractivity contribution in [2.24, 2.45) is 0 Å². The first kappa shape index (κ1) is 13.8. The fourth-order valence-electron chi connectivity index (χ4n) is 0.908. The van der Waals surface area contributed by atoms with Gasteiger partial charge < -0.3 is 4.90 Å². The lowest BCUT2D eigenvalue weighted by molar-refractivity contribution is 0.648. The van der Waals surface area contributed by atoms with Crippen LogP contribution in [0.1, 0.15) is 5.56 Å². The molecule has 0 saturated heterocycles. The van der Waals surface area contributed by atoms with Gasteiger partial charge in [-0.1, -0.05) is 53.2 Å². The summed E-state index contributed by atoms with van der Waals surface area (Å²) >= 11 is 18.4. The minimum Gasteiger partial charge on any atom is -0.363 e. The van der Waals surface area contributed by atoms with Gasteiger partial charge in [0.2, 0.25) is 0 Å². The van der Waals surface area contributed by atoms with Crippen molar-refractivity contribution < 1.29 is 0 Å². The van der Waals surface area contributed by atoms with E-state index in [1.54, 1.807) is 6.07 Å². The van der Waals surface area contributed by atoms with Crippen LogP contribution in [0.4, 0.5) is 0 Å². The van der Waals surface area contributed by atoms with E-state index in [0.29, 0.717) is 10.0 Å². The molecule has 0 fully saturated rings. The Hall–Kier alpha value is -0.220. The Labute approximate surface area is 115 Å². The quantitative estimate of drug-likeness (QED) is 0.737. The molecule has 0 unspecified atom stereocenters. The smallest absolute Gasteiger partial charge is 0.140 e. The zero-order chi connectivity index (χ0) is 12.1. The van der Waals surface area contributed by atoms with Crippen LogP contribution in [-0.2, 0) is 0 Å². The zero-order valence-electron chi connectivity index (χ0n) is 8.91. The van der Waals surface area contributed by atoms with Crippen molar-refractivity contribution in [3.63, 3.8) is 0 Å². The number of rotatable bonds is 2. The van der Waals surface area contributed by atoms with Crippen LogP contribution < -0.4 is 0 Å². The molecule has 0 spiro atoms. The molecule has 0 amide bonds. The van der Waals surface area contributed by atoms with Gasteiger partial charge in [-0.05, 0) is 29.2 Å². The lowest BCUT2D eigenvalue weighted by Crippen LogP contribution is -2.14. The molecule has 0 atom stereocenters. The number of hydrogen-bond acceptors (Lipinski definition) is 2. The molecule has 1 aromatic rings. The number of hydrogen-bond donors (Lipinski definition) is 0. The SMILES string of the molecule is CN(C)C(=S)S/C=C/c1ccc(Cl)cc1Cl. The van der Waals surface area contributed by atoms with Gasteiger partial charge in [-0.2, -0.15) is 0 Å². The summed E-state index contributed by atoms with van der Waals surface area (Å²) in [5.41, 5.74) is 0.931. The fourth-order valence-corrected chi connectivity index (χ4v) is 2.09. The van der Waals surface area contributed by atoms with E-state index in [4.69, 9.17) is 35.4 Å². The summed E-state index contributed by atoms with van der Waals surface area (Å²) in [6, 6.07) is 5.40. The first-order chi connectivity index (χ1) is 7.50. The third-order valence-corrected chi connectivity index (χ3v) is 3.80. The fraction of sp³-hybridized carbons (Fsp3) is 0.182. The van der Waals surface area contributed by atoms with Crippen molar-refractivity contribution in [1.29, 1.82) is 0 Å². The minimum atomic E-state index is 0.638. The maximum absolute atomic E-state index is 6.02. The van der Waals surface area contributed by atoms with E-state index in [-0.39, 0.29) is 0 Å². The molecule has 1 rings (SSSR count). The molecule has 1 nitrogen and oxygen atoms in total. The molecule has 0 bridgehead atoms. The van der Waals surface area contributed by atoms with E-state index in [9.17, 15) is 0 Å². The summed E-state index contributed by atoms with van der Waals surface area (Å²) in [5, 5.41) is 3.19. The second kappa shape index (κ2) is 6.50. The maximum atomic E-state index is 6.02. The Kier molecular flexibility index (Phi) is 5.62. The van der Waals surface area contributed by atoms with Crippen molar-refractivity contribution in [1.82, 2.24) is 4.90 Å². The molecule has 0 saturated carbocycles. The van der Waals surface area contributed by atoms with E-state index in [1.807, 2.05) is 42.6 Å². The third-order valence-electron chi connectivity index (χ3n) is 1.74. The summed E-state index contributed by atoms with van der Waals surface area (Å²) < 4.78 is 0.807. The predicted molar refractivity (Wildman–Crippen MR) is 79.4 cm³/mol. The van der Waals surface area contributed by atoms with Crippen LogP contribution in [0.2, 0.25) is 10.0 Å². The molecule has 0 aliphatic rings. The molecule has 0 aromatic heterocycles. The van der Waals surface area contributed by atoms with Crippen molar-refractivity contribution in [3.05, 3.63) is 39.2 Å². The predicted octanol–water partition coefficient (Wildman–Crippen LogP) is 4.54. The average molecular weight is 292 g/mol. The van der Waals surface area contributed by atoms with Gasteiger partial charge in [-0.15, -0.1) is 0 Å². The van der Waals surface area contributed by atoms with Crippen molar-refractivity contribution in [2.75, 3.05) is 14.1 Å². The summed E-state index contributed by atoms with van der Waals surface area (Å²) in [7, 11) is 3.83. The Balaban J connectivity index is 2.66. The van der Waals surface area contributed by atoms with Crippen molar-refractivity contribution in [3.8, 4) is 0 Å². The highest BCUT2D eigenvalue weighted by Crippen LogP contribution is 2.23. The monoisotopic (exact) mass is 291 g/mol. The first-order valence-electron chi connectivity index (χ1n) is 4.50. The average Bonchev–Trinajstić information content (AvgIpc) is 2.20. The molecule has 0 heterocycles. The van der Waals surface area contributed by atoms with E-state index >= 15 is 0 Å². The third kappa shape index (κ3) is 4.34. The second-order valence-electron chi connectivity index (χ2n) is 3.25. The van der Waals surface area contributed by atoms with Crippen LogP contribution in [0.25, 0.3) is 6.08 Å². The van der Waals surface area contributed by atoms with Gasteiger partial charge in [0.1, 0.15) is 4.32 Å². The van der Waals surface area contributed by atoms with Crippen LogP contribution in [0.15, 0.2) is 23.6 Å². The molecule has 1 aromatic carbocycles. The van der Waals surface area contributed by atoms with Gasteiger partial charge >= 0.3 is 0 Å². The second-order valence-corrected chi connectivity index (χ2v) is 5.63. The highest BCUT2D eigenvalue weighted by atomic mass is 35.5. The molecule has 0 radical (unpaired) electrons. The Morgan fingerprint density at radius 2 is 2.06 bits per heavy atom. The Morgan fingerprint density at radius 1 is 1.38 bits per heavy atom. The number of thiocarbonyl (C=S) groups is 1. The Bertz CT molecular complexity index is 416. The van der Waals surface area contributed by atoms with E-state index in [2.05, 4.69) is 0 Å². The van der Waals surface area contributed by atoms with E-state index in [1.165, 1.54) is 11.8 Å². The topological polar surface area (TPSA) is 3.24 Å². The van der Waals surface area contributed by atoms with Gasteiger partial charge in [0.15, 0.2) is 0 Å². The molecule has 86 valence electrons. The normalized spacial score (nSPS) is 10.8. The van der Waals surface area contributed by atoms with Crippen LogP contribution in [0.3, 0.4) is 0 Å². The zero-order valence-corrected chi connectivity index (χ0v) is 12.1. The molecule has 0 aliphatic carbocycles. The maximum Gasteiger partial charge on any atom is 0.140 e. The number of thioether (sulfide) groups is 1. The van der Waals surface area contributed by atoms with Crippen LogP contribution in [-0.4, -0.2) is 23.3 Å². The summed E-state index contributed by atoms with van der Waals surface area (Å²) in [6.07, 6.45) is 1.92. The van der Waals surface area contributed by atoms with Crippen molar-refractivity contribution >= 4 is 57.6 Å². The number of benzene rings is 1. The summed E-state index contributed by atoms with van der Waals surface area (Å²) in [6.45, 7) is 0. The van der Waals surface area contributed by atoms with Gasteiger partial charge in [0, 0.05) is 24.1 Å². The number of nitrogens with zero attached hydrogens (tertiary/aromatic N) is 1. The van der Waals surface area contributed by atoms with Crippen LogP contribution >= 0.6 is 47.2 Å². The number of halogens is 2. The molecular weight excluding hydrogens is 281 g/mol. The van der Waals surface area contributed by atoms with Crippen LogP contribution in [0, 0.1) is 0 Å². The lowest BCUT2D eigenvalue weighted by Gasteiger charge is -2.09. The van der Waals surface area contributed by atoms with E-state index in [0.717, 1.165) is 9.88 Å². The summed E-state index contributed by atoms with van der Waals surface area (Å²) in [5.74, 6) is 0. The molecule has 0 N–H and O–H groups in total. The van der Waals surface area contributed by atoms with Gasteiger partial charge in [-0.3, -0.25) is 0 Å². The Morgan fingerprint density at radius 3 is 2.62 bits per heavy atom. The van der Waals surface area contributed by atoms with Gasteiger partial charge in [0.25, 0.3) is 0 Å². The van der Waals surface area contributed by atoms with Crippen molar-refractivity contribution in [2.45, 2.75) is 0 Å². The standard InChI is InChI=1S/C11H11Cl2NS2/c1-14(2)11(15)16-6-5-8-3-4-9(12)7-10(8)13/h3-7H,1-2H3/b6-5+. The highest BCUT2D eigenvalue weighted by Gasteiger charge is 1.98. The molecule has 0 aliphatic heterocycles. The van der Waals surface area contributed by atoms with Gasteiger partial charge in [-0.25, -0.2) is 0 Å². The van der Waals surface area contributed by atoms with Crippen LogP contribution in [0.5, 0.6) is 0 Å². The molecule has 16 heavy (non-hydrogen) atoms. The highest BCUT2D eigenvalue weighted by molar-refractivity contribution is 8.24. The van der Waals surface area contributed by atoms with Gasteiger partial charge in [0.05, 0.1) is 0 Å². The minimum absolute atomic E-state index is 0.638. The first-order valence-corrected chi connectivity index (χ1v) is 6.54. The largest absolute Gasteiger partial charge is 0.363 e. The molecule has 5 heteroatoms.